The number of anilines is 1. The molecule has 0 radical (unpaired) electrons. The smallest absolute Gasteiger partial charge is 0.145 e. The Morgan fingerprint density at radius 3 is 2.58 bits per heavy atom. The Labute approximate surface area is 121 Å². The first-order chi connectivity index (χ1) is 9.01. The molecule has 1 aromatic heterocycles. The number of hydrogen-bond acceptors (Lipinski definition) is 4. The third-order valence-electron chi connectivity index (χ3n) is 3.22. The van der Waals surface area contributed by atoms with Crippen molar-refractivity contribution in [1.82, 2.24) is 4.98 Å². The second kappa shape index (κ2) is 5.35. The first-order valence-electron chi connectivity index (χ1n) is 6.14. The van der Waals surface area contributed by atoms with Gasteiger partial charge in [0.1, 0.15) is 11.3 Å². The molecule has 4 nitrogen and oxygen atoms in total. The number of nitrogen functional groups attached to an aromatic ring is 1. The molecule has 0 spiro atoms. The van der Waals surface area contributed by atoms with Crippen LogP contribution in [0.1, 0.15) is 31.0 Å². The van der Waals surface area contributed by atoms with E-state index in [2.05, 4.69) is 40.2 Å². The van der Waals surface area contributed by atoms with E-state index in [0.29, 0.717) is 5.92 Å². The van der Waals surface area contributed by atoms with E-state index >= 15 is 0 Å². The molecule has 0 aliphatic rings. The van der Waals surface area contributed by atoms with Crippen molar-refractivity contribution >= 4 is 32.5 Å². The van der Waals surface area contributed by atoms with Gasteiger partial charge in [0.15, 0.2) is 0 Å². The van der Waals surface area contributed by atoms with Gasteiger partial charge in [-0.1, -0.05) is 29.8 Å². The van der Waals surface area contributed by atoms with Crippen LogP contribution in [0.2, 0.25) is 0 Å². The minimum atomic E-state index is 0.334. The summed E-state index contributed by atoms with van der Waals surface area (Å²) in [4.78, 5) is 4.69. The van der Waals surface area contributed by atoms with Crippen LogP contribution in [0.4, 0.5) is 5.69 Å². The van der Waals surface area contributed by atoms with Crippen molar-refractivity contribution in [3.63, 3.8) is 0 Å². The summed E-state index contributed by atoms with van der Waals surface area (Å²) < 4.78 is 6.34. The van der Waals surface area contributed by atoms with Crippen LogP contribution in [0.25, 0.3) is 10.9 Å². The number of nitrogens with one attached hydrogen (secondary N) is 1. The molecule has 0 fully saturated rings. The molecule has 0 amide bonds. The van der Waals surface area contributed by atoms with Crippen molar-refractivity contribution in [3.8, 4) is 5.75 Å². The first kappa shape index (κ1) is 14.1. The number of halogens is 1. The molecule has 3 N–H and O–H groups in total. The van der Waals surface area contributed by atoms with Gasteiger partial charge in [0.05, 0.1) is 12.8 Å². The first-order valence-corrected chi connectivity index (χ1v) is 6.93. The minimum Gasteiger partial charge on any atom is -0.494 e. The summed E-state index contributed by atoms with van der Waals surface area (Å²) >= 11 is 3.57. The lowest BCUT2D eigenvalue weighted by atomic mass is 9.97. The van der Waals surface area contributed by atoms with Crippen LogP contribution >= 0.6 is 15.9 Å². The van der Waals surface area contributed by atoms with Crippen LogP contribution in [-0.2, 0) is 0 Å². The molecule has 0 saturated carbocycles. The van der Waals surface area contributed by atoms with Crippen molar-refractivity contribution < 1.29 is 4.74 Å². The third kappa shape index (κ3) is 2.28. The zero-order valence-electron chi connectivity index (χ0n) is 11.5. The van der Waals surface area contributed by atoms with Gasteiger partial charge in [-0.3, -0.25) is 5.84 Å². The van der Waals surface area contributed by atoms with Crippen molar-refractivity contribution in [1.29, 1.82) is 0 Å². The minimum absolute atomic E-state index is 0.334. The number of fused-ring (bicyclic) bond motifs is 1. The van der Waals surface area contributed by atoms with Gasteiger partial charge in [-0.25, -0.2) is 4.98 Å². The topological polar surface area (TPSA) is 60.2 Å². The van der Waals surface area contributed by atoms with Crippen LogP contribution in [-0.4, -0.2) is 12.1 Å². The molecule has 0 bridgehead atoms. The molecular formula is C14H18BrN3O. The SMILES string of the molecule is COc1ccc(Br)c2c(NN)c(C(C)C)c(C)nc12. The summed E-state index contributed by atoms with van der Waals surface area (Å²) in [5, 5.41) is 0.955. The highest BCUT2D eigenvalue weighted by Crippen LogP contribution is 2.40. The van der Waals surface area contributed by atoms with E-state index in [9.17, 15) is 0 Å². The quantitative estimate of drug-likeness (QED) is 0.667. The molecular weight excluding hydrogens is 306 g/mol. The van der Waals surface area contributed by atoms with Crippen LogP contribution in [0.5, 0.6) is 5.75 Å². The Morgan fingerprint density at radius 1 is 1.37 bits per heavy atom. The normalized spacial score (nSPS) is 11.1. The van der Waals surface area contributed by atoms with Crippen LogP contribution < -0.4 is 16.0 Å². The largest absolute Gasteiger partial charge is 0.494 e. The third-order valence-corrected chi connectivity index (χ3v) is 3.88. The highest BCUT2D eigenvalue weighted by atomic mass is 79.9. The van der Waals surface area contributed by atoms with Crippen molar-refractivity contribution in [2.24, 2.45) is 5.84 Å². The van der Waals surface area contributed by atoms with Crippen molar-refractivity contribution in [2.45, 2.75) is 26.7 Å². The number of aromatic nitrogens is 1. The summed E-state index contributed by atoms with van der Waals surface area (Å²) in [5.41, 5.74) is 6.64. The van der Waals surface area contributed by atoms with E-state index in [4.69, 9.17) is 10.6 Å². The summed E-state index contributed by atoms with van der Waals surface area (Å²) in [6.07, 6.45) is 0. The Morgan fingerprint density at radius 2 is 2.05 bits per heavy atom. The Hall–Kier alpha value is -1.33. The average Bonchev–Trinajstić information content (AvgIpc) is 2.37. The van der Waals surface area contributed by atoms with Crippen LogP contribution in [0, 0.1) is 6.92 Å². The van der Waals surface area contributed by atoms with Gasteiger partial charge in [0, 0.05) is 21.1 Å². The maximum absolute atomic E-state index is 5.74. The zero-order chi connectivity index (χ0) is 14.2. The van der Waals surface area contributed by atoms with E-state index in [-0.39, 0.29) is 0 Å². The molecule has 1 aromatic carbocycles. The number of ether oxygens (including phenoxy) is 1. The number of methoxy groups -OCH3 is 1. The lowest BCUT2D eigenvalue weighted by Crippen LogP contribution is -2.13. The van der Waals surface area contributed by atoms with E-state index in [1.807, 2.05) is 19.1 Å². The van der Waals surface area contributed by atoms with Crippen molar-refractivity contribution in [2.75, 3.05) is 12.5 Å². The van der Waals surface area contributed by atoms with Gasteiger partial charge in [0.25, 0.3) is 0 Å². The number of aryl methyl sites for hydroxylation is 1. The molecule has 2 aromatic rings. The maximum atomic E-state index is 5.74. The number of rotatable bonds is 3. The monoisotopic (exact) mass is 323 g/mol. The standard InChI is InChI=1S/C14H18BrN3O/c1-7(2)11-8(3)17-13-10(19-4)6-5-9(15)12(13)14(11)18-16/h5-7H,16H2,1-4H3,(H,17,18). The van der Waals surface area contributed by atoms with E-state index in [0.717, 1.165) is 38.1 Å². The van der Waals surface area contributed by atoms with Gasteiger partial charge in [-0.2, -0.15) is 0 Å². The molecule has 19 heavy (non-hydrogen) atoms. The summed E-state index contributed by atoms with van der Waals surface area (Å²) in [6.45, 7) is 6.26. The molecule has 1 heterocycles. The number of hydrazine groups is 1. The van der Waals surface area contributed by atoms with E-state index in [1.165, 1.54) is 0 Å². The van der Waals surface area contributed by atoms with Gasteiger partial charge in [0.2, 0.25) is 0 Å². The predicted molar refractivity (Wildman–Crippen MR) is 82.6 cm³/mol. The number of pyridine rings is 1. The maximum Gasteiger partial charge on any atom is 0.145 e. The highest BCUT2D eigenvalue weighted by Gasteiger charge is 2.18. The Balaban J connectivity index is 2.97. The summed E-state index contributed by atoms with van der Waals surface area (Å²) in [7, 11) is 1.64. The van der Waals surface area contributed by atoms with Gasteiger partial charge in [-0.15, -0.1) is 0 Å². The lowest BCUT2D eigenvalue weighted by molar-refractivity contribution is 0.418. The number of hydrogen-bond donors (Lipinski definition) is 2. The summed E-state index contributed by atoms with van der Waals surface area (Å²) in [6, 6.07) is 3.84. The highest BCUT2D eigenvalue weighted by molar-refractivity contribution is 9.10. The molecule has 0 aliphatic carbocycles. The second-order valence-corrected chi connectivity index (χ2v) is 5.61. The Kier molecular flexibility index (Phi) is 3.96. The molecule has 2 rings (SSSR count). The fourth-order valence-electron chi connectivity index (χ4n) is 2.46. The molecule has 5 heteroatoms. The van der Waals surface area contributed by atoms with Crippen LogP contribution in [0.3, 0.4) is 0 Å². The fraction of sp³-hybridized carbons (Fsp3) is 0.357. The van der Waals surface area contributed by atoms with E-state index < -0.39 is 0 Å². The molecule has 0 unspecified atom stereocenters. The van der Waals surface area contributed by atoms with Crippen molar-refractivity contribution in [3.05, 3.63) is 27.9 Å². The number of benzene rings is 1. The van der Waals surface area contributed by atoms with Gasteiger partial charge in [-0.05, 0) is 25.0 Å². The lowest BCUT2D eigenvalue weighted by Gasteiger charge is -2.19. The van der Waals surface area contributed by atoms with Gasteiger partial charge >= 0.3 is 0 Å². The molecule has 102 valence electrons. The zero-order valence-corrected chi connectivity index (χ0v) is 13.1. The average molecular weight is 324 g/mol. The fourth-order valence-corrected chi connectivity index (χ4v) is 2.98. The number of nitrogens with zero attached hydrogens (tertiary/aromatic N) is 1. The summed E-state index contributed by atoms with van der Waals surface area (Å²) in [5.74, 6) is 6.82. The molecule has 0 atom stereocenters. The van der Waals surface area contributed by atoms with E-state index in [1.54, 1.807) is 7.11 Å². The predicted octanol–water partition coefficient (Wildman–Crippen LogP) is 3.72. The second-order valence-electron chi connectivity index (χ2n) is 4.76. The Bertz CT molecular complexity index is 626. The van der Waals surface area contributed by atoms with Crippen LogP contribution in [0.15, 0.2) is 16.6 Å². The number of nitrogens with two attached hydrogens (primary N) is 1. The molecule has 0 saturated heterocycles. The van der Waals surface area contributed by atoms with Gasteiger partial charge < -0.3 is 10.2 Å². The molecule has 0 aliphatic heterocycles.